The van der Waals surface area contributed by atoms with E-state index in [1.165, 1.54) is 11.9 Å². The molecule has 1 aliphatic heterocycles. The Kier molecular flexibility index (Phi) is 4.90. The summed E-state index contributed by atoms with van der Waals surface area (Å²) in [4.78, 5) is 34.3. The van der Waals surface area contributed by atoms with E-state index in [1.807, 2.05) is 0 Å². The molecule has 0 spiro atoms. The van der Waals surface area contributed by atoms with Gasteiger partial charge in [0.05, 0.1) is 19.1 Å². The highest BCUT2D eigenvalue weighted by Crippen LogP contribution is 2.10. The molecular weight excluding hydrogens is 244 g/mol. The number of hydrogen-bond donors (Lipinski definition) is 3. The summed E-state index contributed by atoms with van der Waals surface area (Å²) in [6, 6.07) is -2.15. The molecule has 0 aromatic rings. The zero-order valence-electron chi connectivity index (χ0n) is 9.96. The summed E-state index contributed by atoms with van der Waals surface area (Å²) in [5.41, 5.74) is 0. The molecule has 0 aromatic carbocycles. The van der Waals surface area contributed by atoms with Crippen molar-refractivity contribution in [3.8, 4) is 0 Å². The molecule has 8 nitrogen and oxygen atoms in total. The molecule has 0 saturated carbocycles. The molecule has 1 unspecified atom stereocenters. The van der Waals surface area contributed by atoms with Gasteiger partial charge in [-0.25, -0.2) is 9.59 Å². The number of rotatable bonds is 5. The first-order valence-corrected chi connectivity index (χ1v) is 5.47. The maximum atomic E-state index is 11.7. The van der Waals surface area contributed by atoms with Crippen LogP contribution in [0.5, 0.6) is 0 Å². The third-order valence-electron chi connectivity index (χ3n) is 2.75. The molecule has 1 heterocycles. The first-order chi connectivity index (χ1) is 8.41. The SMILES string of the molecule is CN(C(=O)N[C@@H](CC(=O)O)C(=O)O)C1CCOC1. The third-order valence-corrected chi connectivity index (χ3v) is 2.75. The summed E-state index contributed by atoms with van der Waals surface area (Å²) < 4.78 is 5.11. The Balaban J connectivity index is 2.54. The fourth-order valence-corrected chi connectivity index (χ4v) is 1.62. The minimum absolute atomic E-state index is 0.107. The van der Waals surface area contributed by atoms with E-state index in [1.54, 1.807) is 0 Å². The van der Waals surface area contributed by atoms with E-state index >= 15 is 0 Å². The molecule has 1 fully saturated rings. The Morgan fingerprint density at radius 2 is 2.11 bits per heavy atom. The molecule has 8 heteroatoms. The molecular formula is C10H16N2O6. The van der Waals surface area contributed by atoms with E-state index in [0.29, 0.717) is 19.6 Å². The zero-order chi connectivity index (χ0) is 13.7. The van der Waals surface area contributed by atoms with Crippen LogP contribution in [0.4, 0.5) is 4.79 Å². The van der Waals surface area contributed by atoms with Crippen LogP contribution in [0.3, 0.4) is 0 Å². The molecule has 0 aliphatic carbocycles. The fraction of sp³-hybridized carbons (Fsp3) is 0.700. The predicted octanol–water partition coefficient (Wildman–Crippen LogP) is -0.655. The average molecular weight is 260 g/mol. The summed E-state index contributed by atoms with van der Waals surface area (Å²) in [7, 11) is 1.52. The van der Waals surface area contributed by atoms with Gasteiger partial charge in [-0.2, -0.15) is 0 Å². The van der Waals surface area contributed by atoms with E-state index in [-0.39, 0.29) is 6.04 Å². The van der Waals surface area contributed by atoms with E-state index in [2.05, 4.69) is 5.32 Å². The second-order valence-corrected chi connectivity index (χ2v) is 4.07. The Bertz CT molecular complexity index is 339. The van der Waals surface area contributed by atoms with Gasteiger partial charge in [0.2, 0.25) is 0 Å². The predicted molar refractivity (Wildman–Crippen MR) is 59.2 cm³/mol. The molecule has 1 aliphatic rings. The van der Waals surface area contributed by atoms with Crippen LogP contribution in [0.2, 0.25) is 0 Å². The maximum Gasteiger partial charge on any atom is 0.326 e. The van der Waals surface area contributed by atoms with Crippen LogP contribution in [0.25, 0.3) is 0 Å². The summed E-state index contributed by atoms with van der Waals surface area (Å²) in [6.07, 6.45) is 0.0245. The van der Waals surface area contributed by atoms with Gasteiger partial charge in [-0.05, 0) is 6.42 Å². The molecule has 0 bridgehead atoms. The lowest BCUT2D eigenvalue weighted by molar-refractivity contribution is -0.145. The number of urea groups is 1. The Labute approximate surface area is 104 Å². The van der Waals surface area contributed by atoms with Gasteiger partial charge in [0.15, 0.2) is 0 Å². The van der Waals surface area contributed by atoms with Gasteiger partial charge in [-0.15, -0.1) is 0 Å². The van der Waals surface area contributed by atoms with Crippen molar-refractivity contribution < 1.29 is 29.3 Å². The topological polar surface area (TPSA) is 116 Å². The van der Waals surface area contributed by atoms with Crippen molar-refractivity contribution >= 4 is 18.0 Å². The summed E-state index contributed by atoms with van der Waals surface area (Å²) in [5.74, 6) is -2.66. The van der Waals surface area contributed by atoms with Gasteiger partial charge in [0, 0.05) is 13.7 Å². The average Bonchev–Trinajstić information content (AvgIpc) is 2.79. The van der Waals surface area contributed by atoms with Gasteiger partial charge in [-0.3, -0.25) is 4.79 Å². The van der Waals surface area contributed by atoms with Crippen molar-refractivity contribution in [1.82, 2.24) is 10.2 Å². The number of ether oxygens (including phenoxy) is 1. The number of nitrogens with zero attached hydrogens (tertiary/aromatic N) is 1. The van der Waals surface area contributed by atoms with E-state index < -0.39 is 30.4 Å². The Morgan fingerprint density at radius 3 is 2.56 bits per heavy atom. The molecule has 3 N–H and O–H groups in total. The lowest BCUT2D eigenvalue weighted by Gasteiger charge is -2.25. The Morgan fingerprint density at radius 1 is 1.44 bits per heavy atom. The minimum Gasteiger partial charge on any atom is -0.481 e. The fourth-order valence-electron chi connectivity index (χ4n) is 1.62. The molecule has 2 amide bonds. The van der Waals surface area contributed by atoms with Crippen LogP contribution < -0.4 is 5.32 Å². The standard InChI is InChI=1S/C10H16N2O6/c1-12(6-2-3-18-5-6)10(17)11-7(9(15)16)4-8(13)14/h6-7H,2-5H2,1H3,(H,11,17)(H,13,14)(H,15,16)/t6?,7-/m0/s1. The van der Waals surface area contributed by atoms with Crippen molar-refractivity contribution in [3.63, 3.8) is 0 Å². The highest BCUT2D eigenvalue weighted by atomic mass is 16.5. The largest absolute Gasteiger partial charge is 0.481 e. The quantitative estimate of drug-likeness (QED) is 0.604. The normalized spacial score (nSPS) is 20.2. The molecule has 0 aromatic heterocycles. The van der Waals surface area contributed by atoms with Crippen molar-refractivity contribution in [2.24, 2.45) is 0 Å². The van der Waals surface area contributed by atoms with Gasteiger partial charge in [0.25, 0.3) is 0 Å². The monoisotopic (exact) mass is 260 g/mol. The van der Waals surface area contributed by atoms with Gasteiger partial charge >= 0.3 is 18.0 Å². The van der Waals surface area contributed by atoms with Crippen molar-refractivity contribution in [1.29, 1.82) is 0 Å². The van der Waals surface area contributed by atoms with Crippen LogP contribution in [-0.2, 0) is 14.3 Å². The van der Waals surface area contributed by atoms with Gasteiger partial charge < -0.3 is 25.2 Å². The number of amides is 2. The number of carbonyl (C=O) groups is 3. The molecule has 2 atom stereocenters. The maximum absolute atomic E-state index is 11.7. The van der Waals surface area contributed by atoms with Crippen molar-refractivity contribution in [2.75, 3.05) is 20.3 Å². The lowest BCUT2D eigenvalue weighted by atomic mass is 10.2. The second kappa shape index (κ2) is 6.20. The smallest absolute Gasteiger partial charge is 0.326 e. The number of carboxylic acid groups (broad SMARTS) is 2. The third kappa shape index (κ3) is 3.88. The van der Waals surface area contributed by atoms with Crippen LogP contribution in [0.15, 0.2) is 0 Å². The van der Waals surface area contributed by atoms with Crippen molar-refractivity contribution in [2.45, 2.75) is 24.9 Å². The van der Waals surface area contributed by atoms with E-state index in [9.17, 15) is 14.4 Å². The molecule has 18 heavy (non-hydrogen) atoms. The number of hydrogen-bond acceptors (Lipinski definition) is 4. The number of carbonyl (C=O) groups excluding carboxylic acids is 1. The molecule has 102 valence electrons. The first kappa shape index (κ1) is 14.2. The summed E-state index contributed by atoms with van der Waals surface area (Å²) >= 11 is 0. The number of carboxylic acids is 2. The summed E-state index contributed by atoms with van der Waals surface area (Å²) in [5, 5.41) is 19.5. The molecule has 1 saturated heterocycles. The van der Waals surface area contributed by atoms with Crippen molar-refractivity contribution in [3.05, 3.63) is 0 Å². The Hall–Kier alpha value is -1.83. The first-order valence-electron chi connectivity index (χ1n) is 5.47. The highest BCUT2D eigenvalue weighted by molar-refractivity contribution is 5.86. The highest BCUT2D eigenvalue weighted by Gasteiger charge is 2.28. The number of likely N-dealkylation sites (N-methyl/N-ethyl adjacent to an activating group) is 1. The van der Waals surface area contributed by atoms with Gasteiger partial charge in [0.1, 0.15) is 6.04 Å². The molecule has 1 rings (SSSR count). The van der Waals surface area contributed by atoms with E-state index in [0.717, 1.165) is 0 Å². The lowest BCUT2D eigenvalue weighted by Crippen LogP contribution is -2.50. The van der Waals surface area contributed by atoms with Crippen LogP contribution in [0, 0.1) is 0 Å². The van der Waals surface area contributed by atoms with Gasteiger partial charge in [-0.1, -0.05) is 0 Å². The zero-order valence-corrected chi connectivity index (χ0v) is 9.96. The van der Waals surface area contributed by atoms with E-state index in [4.69, 9.17) is 14.9 Å². The number of nitrogens with one attached hydrogen (secondary N) is 1. The molecule has 0 radical (unpaired) electrons. The van der Waals surface area contributed by atoms with Crippen LogP contribution >= 0.6 is 0 Å². The number of aliphatic carboxylic acids is 2. The minimum atomic E-state index is -1.43. The van der Waals surface area contributed by atoms with Crippen LogP contribution in [-0.4, -0.2) is 65.4 Å². The second-order valence-electron chi connectivity index (χ2n) is 4.07. The summed E-state index contributed by atoms with van der Waals surface area (Å²) in [6.45, 7) is 0.959. The van der Waals surface area contributed by atoms with Crippen LogP contribution in [0.1, 0.15) is 12.8 Å².